The molecule has 0 saturated heterocycles. The standard InChI is InChI=1S/C24H23ClN2O/c1-16-15-20(13-14-21(16)25)28-18(3)24-26-22-11-7-8-12-23(22)27(24)17(2)19-9-5-4-6-10-19/h4-15,17-18H,1-3H3. The number of hydrogen-bond donors (Lipinski definition) is 0. The molecule has 0 aliphatic rings. The van der Waals surface area contributed by atoms with Gasteiger partial charge in [0.05, 0.1) is 17.1 Å². The zero-order valence-electron chi connectivity index (χ0n) is 16.3. The van der Waals surface area contributed by atoms with Crippen molar-refractivity contribution in [2.75, 3.05) is 0 Å². The van der Waals surface area contributed by atoms with Crippen LogP contribution in [-0.2, 0) is 0 Å². The number of fused-ring (bicyclic) bond motifs is 1. The zero-order valence-corrected chi connectivity index (χ0v) is 17.0. The van der Waals surface area contributed by atoms with E-state index in [9.17, 15) is 0 Å². The first-order chi connectivity index (χ1) is 13.5. The Balaban J connectivity index is 1.76. The normalized spacial score (nSPS) is 13.4. The van der Waals surface area contributed by atoms with Gasteiger partial charge in [-0.2, -0.15) is 0 Å². The van der Waals surface area contributed by atoms with Gasteiger partial charge in [-0.15, -0.1) is 0 Å². The Hall–Kier alpha value is -2.78. The summed E-state index contributed by atoms with van der Waals surface area (Å²) in [4.78, 5) is 4.91. The van der Waals surface area contributed by atoms with Crippen LogP contribution in [0.25, 0.3) is 11.0 Å². The highest BCUT2D eigenvalue weighted by atomic mass is 35.5. The number of nitrogens with zero attached hydrogens (tertiary/aromatic N) is 2. The minimum atomic E-state index is -0.209. The molecule has 2 unspecified atom stereocenters. The topological polar surface area (TPSA) is 27.1 Å². The Morgan fingerprint density at radius 1 is 0.929 bits per heavy atom. The molecule has 142 valence electrons. The van der Waals surface area contributed by atoms with Gasteiger partial charge in [-0.1, -0.05) is 54.1 Å². The minimum absolute atomic E-state index is 0.140. The Bertz CT molecular complexity index is 1100. The van der Waals surface area contributed by atoms with Gasteiger partial charge in [-0.3, -0.25) is 0 Å². The van der Waals surface area contributed by atoms with Crippen molar-refractivity contribution in [2.24, 2.45) is 0 Å². The highest BCUT2D eigenvalue weighted by Crippen LogP contribution is 2.31. The van der Waals surface area contributed by atoms with Crippen LogP contribution in [0.4, 0.5) is 0 Å². The first kappa shape index (κ1) is 18.6. The van der Waals surface area contributed by atoms with Gasteiger partial charge < -0.3 is 9.30 Å². The van der Waals surface area contributed by atoms with E-state index in [4.69, 9.17) is 21.3 Å². The van der Waals surface area contributed by atoms with Crippen LogP contribution in [0.1, 0.15) is 42.9 Å². The van der Waals surface area contributed by atoms with E-state index in [0.29, 0.717) is 0 Å². The average molecular weight is 391 g/mol. The third-order valence-electron chi connectivity index (χ3n) is 5.10. The molecule has 1 aromatic heterocycles. The molecule has 0 bridgehead atoms. The lowest BCUT2D eigenvalue weighted by molar-refractivity contribution is 0.210. The van der Waals surface area contributed by atoms with Crippen molar-refractivity contribution >= 4 is 22.6 Å². The van der Waals surface area contributed by atoms with Crippen molar-refractivity contribution in [3.63, 3.8) is 0 Å². The quantitative estimate of drug-likeness (QED) is 0.377. The fraction of sp³-hybridized carbons (Fsp3) is 0.208. The van der Waals surface area contributed by atoms with Gasteiger partial charge in [0, 0.05) is 5.02 Å². The van der Waals surface area contributed by atoms with Crippen molar-refractivity contribution in [3.05, 3.63) is 94.8 Å². The molecule has 4 rings (SSSR count). The van der Waals surface area contributed by atoms with Crippen LogP contribution in [-0.4, -0.2) is 9.55 Å². The molecule has 4 aromatic rings. The third-order valence-corrected chi connectivity index (χ3v) is 5.52. The van der Waals surface area contributed by atoms with Crippen LogP contribution in [0, 0.1) is 6.92 Å². The summed E-state index contributed by atoms with van der Waals surface area (Å²) in [7, 11) is 0. The number of aromatic nitrogens is 2. The lowest BCUT2D eigenvalue weighted by Gasteiger charge is -2.22. The van der Waals surface area contributed by atoms with E-state index in [-0.39, 0.29) is 12.1 Å². The molecule has 0 radical (unpaired) electrons. The second-order valence-electron chi connectivity index (χ2n) is 7.09. The molecule has 0 fully saturated rings. The first-order valence-corrected chi connectivity index (χ1v) is 9.87. The van der Waals surface area contributed by atoms with Crippen molar-refractivity contribution in [1.29, 1.82) is 0 Å². The molecule has 0 N–H and O–H groups in total. The minimum Gasteiger partial charge on any atom is -0.483 e. The molecule has 0 amide bonds. The maximum Gasteiger partial charge on any atom is 0.153 e. The van der Waals surface area contributed by atoms with Gasteiger partial charge >= 0.3 is 0 Å². The predicted molar refractivity (Wildman–Crippen MR) is 115 cm³/mol. The van der Waals surface area contributed by atoms with Crippen molar-refractivity contribution in [3.8, 4) is 5.75 Å². The first-order valence-electron chi connectivity index (χ1n) is 9.49. The zero-order chi connectivity index (χ0) is 19.7. The van der Waals surface area contributed by atoms with Gasteiger partial charge in [0.1, 0.15) is 5.75 Å². The molecule has 0 saturated carbocycles. The van der Waals surface area contributed by atoms with Crippen LogP contribution in [0.3, 0.4) is 0 Å². The number of halogens is 1. The Morgan fingerprint density at radius 3 is 2.39 bits per heavy atom. The lowest BCUT2D eigenvalue weighted by atomic mass is 10.1. The van der Waals surface area contributed by atoms with Crippen molar-refractivity contribution < 1.29 is 4.74 Å². The van der Waals surface area contributed by atoms with Gasteiger partial charge in [0.15, 0.2) is 11.9 Å². The van der Waals surface area contributed by atoms with E-state index in [0.717, 1.165) is 33.2 Å². The number of hydrogen-bond acceptors (Lipinski definition) is 2. The SMILES string of the molecule is Cc1cc(OC(C)c2nc3ccccc3n2C(C)c2ccccc2)ccc1Cl. The van der Waals surface area contributed by atoms with Gasteiger partial charge in [0.2, 0.25) is 0 Å². The maximum absolute atomic E-state index is 6.25. The second-order valence-corrected chi connectivity index (χ2v) is 7.49. The molecule has 3 nitrogen and oxygen atoms in total. The fourth-order valence-corrected chi connectivity index (χ4v) is 3.70. The molecule has 0 spiro atoms. The number of ether oxygens (including phenoxy) is 1. The van der Waals surface area contributed by atoms with Crippen LogP contribution >= 0.6 is 11.6 Å². The highest BCUT2D eigenvalue weighted by molar-refractivity contribution is 6.31. The third kappa shape index (κ3) is 3.50. The molecule has 1 heterocycles. The number of aryl methyl sites for hydroxylation is 1. The van der Waals surface area contributed by atoms with Crippen molar-refractivity contribution in [2.45, 2.75) is 32.9 Å². The van der Waals surface area contributed by atoms with E-state index in [1.165, 1.54) is 5.56 Å². The Labute approximate surface area is 170 Å². The summed E-state index contributed by atoms with van der Waals surface area (Å²) in [5.41, 5.74) is 4.32. The van der Waals surface area contributed by atoms with E-state index in [1.54, 1.807) is 0 Å². The molecule has 4 heteroatoms. The monoisotopic (exact) mass is 390 g/mol. The summed E-state index contributed by atoms with van der Waals surface area (Å²) >= 11 is 6.15. The summed E-state index contributed by atoms with van der Waals surface area (Å²) in [6.07, 6.45) is -0.209. The largest absolute Gasteiger partial charge is 0.483 e. The van der Waals surface area contributed by atoms with Gasteiger partial charge in [-0.05, 0) is 62.2 Å². The predicted octanol–water partition coefficient (Wildman–Crippen LogP) is 6.75. The molecule has 28 heavy (non-hydrogen) atoms. The number of benzene rings is 3. The highest BCUT2D eigenvalue weighted by Gasteiger charge is 2.22. The summed E-state index contributed by atoms with van der Waals surface area (Å²) in [5.74, 6) is 1.70. The lowest BCUT2D eigenvalue weighted by Crippen LogP contribution is -2.16. The summed E-state index contributed by atoms with van der Waals surface area (Å²) in [6.45, 7) is 6.22. The summed E-state index contributed by atoms with van der Waals surface area (Å²) in [6, 6.07) is 24.6. The van der Waals surface area contributed by atoms with Gasteiger partial charge in [0.25, 0.3) is 0 Å². The van der Waals surface area contributed by atoms with Crippen molar-refractivity contribution in [1.82, 2.24) is 9.55 Å². The average Bonchev–Trinajstić information content (AvgIpc) is 3.10. The van der Waals surface area contributed by atoms with Crippen LogP contribution < -0.4 is 4.74 Å². The molecule has 2 atom stereocenters. The van der Waals surface area contributed by atoms with E-state index in [1.807, 2.05) is 50.2 Å². The van der Waals surface area contributed by atoms with Crippen LogP contribution in [0.5, 0.6) is 5.75 Å². The molecule has 0 aliphatic carbocycles. The Morgan fingerprint density at radius 2 is 1.64 bits per heavy atom. The maximum atomic E-state index is 6.25. The molecular weight excluding hydrogens is 368 g/mol. The van der Waals surface area contributed by atoms with E-state index < -0.39 is 0 Å². The number of rotatable bonds is 5. The second kappa shape index (κ2) is 7.69. The number of imidazole rings is 1. The fourth-order valence-electron chi connectivity index (χ4n) is 3.58. The van der Waals surface area contributed by atoms with E-state index >= 15 is 0 Å². The van der Waals surface area contributed by atoms with Crippen LogP contribution in [0.2, 0.25) is 5.02 Å². The summed E-state index contributed by atoms with van der Waals surface area (Å²) in [5, 5.41) is 0.741. The Kier molecular flexibility index (Phi) is 5.10. The summed E-state index contributed by atoms with van der Waals surface area (Å²) < 4.78 is 8.53. The van der Waals surface area contributed by atoms with Gasteiger partial charge in [-0.25, -0.2) is 4.98 Å². The number of para-hydroxylation sites is 2. The molecule has 0 aliphatic heterocycles. The van der Waals surface area contributed by atoms with Crippen LogP contribution in [0.15, 0.2) is 72.8 Å². The van der Waals surface area contributed by atoms with E-state index in [2.05, 4.69) is 47.9 Å². The molecule has 3 aromatic carbocycles. The smallest absolute Gasteiger partial charge is 0.153 e. The molecular formula is C24H23ClN2O.